The third-order valence-electron chi connectivity index (χ3n) is 2.38. The van der Waals surface area contributed by atoms with E-state index in [9.17, 15) is 4.79 Å². The highest BCUT2D eigenvalue weighted by atomic mass is 16.5. The predicted molar refractivity (Wildman–Crippen MR) is 51.4 cm³/mol. The summed E-state index contributed by atoms with van der Waals surface area (Å²) in [4.78, 5) is 13.3. The third-order valence-corrected chi connectivity index (χ3v) is 2.38. The first-order valence-corrected chi connectivity index (χ1v) is 4.68. The topological polar surface area (TPSA) is 29.5 Å². The van der Waals surface area contributed by atoms with Gasteiger partial charge >= 0.3 is 5.97 Å². The highest BCUT2D eigenvalue weighted by Crippen LogP contribution is 2.15. The molecule has 0 atom stereocenters. The molecule has 0 aliphatic carbocycles. The Labute approximate surface area is 79.4 Å². The number of esters is 1. The van der Waals surface area contributed by atoms with E-state index in [0.717, 1.165) is 32.4 Å². The van der Waals surface area contributed by atoms with E-state index in [4.69, 9.17) is 0 Å². The molecule has 0 spiro atoms. The maximum absolute atomic E-state index is 11.0. The first kappa shape index (κ1) is 10.3. The van der Waals surface area contributed by atoms with Crippen molar-refractivity contribution in [2.24, 2.45) is 0 Å². The van der Waals surface area contributed by atoms with E-state index < -0.39 is 0 Å². The van der Waals surface area contributed by atoms with Crippen molar-refractivity contribution in [2.75, 3.05) is 27.2 Å². The average molecular weight is 183 g/mol. The Morgan fingerprint density at radius 2 is 2.23 bits per heavy atom. The molecule has 0 aromatic carbocycles. The summed E-state index contributed by atoms with van der Waals surface area (Å²) in [6.07, 6.45) is 4.80. The lowest BCUT2D eigenvalue weighted by Gasteiger charge is -2.10. The number of carbonyl (C=O) groups excluding carboxylic acids is 1. The predicted octanol–water partition coefficient (Wildman–Crippen LogP) is 1.20. The first-order chi connectivity index (χ1) is 6.22. The van der Waals surface area contributed by atoms with Crippen LogP contribution in [-0.4, -0.2) is 38.1 Å². The minimum absolute atomic E-state index is 0.223. The Balaban J connectivity index is 2.50. The fourth-order valence-electron chi connectivity index (χ4n) is 1.52. The Morgan fingerprint density at radius 1 is 1.46 bits per heavy atom. The van der Waals surface area contributed by atoms with Crippen molar-refractivity contribution in [2.45, 2.75) is 19.3 Å². The van der Waals surface area contributed by atoms with Crippen molar-refractivity contribution >= 4 is 5.97 Å². The summed E-state index contributed by atoms with van der Waals surface area (Å²) in [6.45, 7) is 2.17. The van der Waals surface area contributed by atoms with Gasteiger partial charge < -0.3 is 9.64 Å². The fraction of sp³-hybridized carbons (Fsp3) is 0.700. The van der Waals surface area contributed by atoms with E-state index in [0.29, 0.717) is 0 Å². The Hall–Kier alpha value is -0.830. The molecule has 1 rings (SSSR count). The van der Waals surface area contributed by atoms with Crippen molar-refractivity contribution in [3.8, 4) is 0 Å². The maximum atomic E-state index is 11.0. The number of nitrogens with zero attached hydrogens (tertiary/aromatic N) is 1. The van der Waals surface area contributed by atoms with E-state index in [1.165, 1.54) is 12.7 Å². The molecule has 1 aliphatic rings. The van der Waals surface area contributed by atoms with Crippen LogP contribution in [0.2, 0.25) is 0 Å². The van der Waals surface area contributed by atoms with Gasteiger partial charge in [-0.3, -0.25) is 0 Å². The van der Waals surface area contributed by atoms with Gasteiger partial charge in [0, 0.05) is 12.6 Å². The van der Waals surface area contributed by atoms with Crippen LogP contribution in [0.4, 0.5) is 0 Å². The number of hydrogen-bond donors (Lipinski definition) is 0. The number of methoxy groups -OCH3 is 1. The highest BCUT2D eigenvalue weighted by molar-refractivity contribution is 5.82. The van der Waals surface area contributed by atoms with Crippen LogP contribution >= 0.6 is 0 Å². The van der Waals surface area contributed by atoms with Crippen LogP contribution < -0.4 is 0 Å². The summed E-state index contributed by atoms with van der Waals surface area (Å²) in [5, 5.41) is 0. The summed E-state index contributed by atoms with van der Waals surface area (Å²) in [5.74, 6) is -0.223. The van der Waals surface area contributed by atoms with Gasteiger partial charge in [-0.05, 0) is 32.9 Å². The first-order valence-electron chi connectivity index (χ1n) is 4.68. The van der Waals surface area contributed by atoms with Gasteiger partial charge in [-0.1, -0.05) is 5.57 Å². The molecular formula is C10H17NO2. The molecule has 0 unspecified atom stereocenters. The number of hydrogen-bond acceptors (Lipinski definition) is 3. The lowest BCUT2D eigenvalue weighted by molar-refractivity contribution is -0.134. The smallest absolute Gasteiger partial charge is 0.330 e. The molecule has 0 bridgehead atoms. The van der Waals surface area contributed by atoms with Crippen molar-refractivity contribution in [3.05, 3.63) is 11.6 Å². The van der Waals surface area contributed by atoms with E-state index in [-0.39, 0.29) is 5.97 Å². The number of likely N-dealkylation sites (tertiary alicyclic amines) is 1. The Kier molecular flexibility index (Phi) is 3.96. The molecule has 74 valence electrons. The minimum atomic E-state index is -0.223. The number of rotatable bonds is 1. The molecule has 0 N–H and O–H groups in total. The highest BCUT2D eigenvalue weighted by Gasteiger charge is 2.09. The molecule has 13 heavy (non-hydrogen) atoms. The summed E-state index contributed by atoms with van der Waals surface area (Å²) >= 11 is 0. The number of ether oxygens (including phenoxy) is 1. The van der Waals surface area contributed by atoms with Gasteiger partial charge in [0.05, 0.1) is 7.11 Å². The second kappa shape index (κ2) is 5.02. The van der Waals surface area contributed by atoms with Gasteiger partial charge in [-0.2, -0.15) is 0 Å². The molecule has 1 fully saturated rings. The molecular weight excluding hydrogens is 166 g/mol. The van der Waals surface area contributed by atoms with E-state index >= 15 is 0 Å². The monoisotopic (exact) mass is 183 g/mol. The SMILES string of the molecule is COC(=O)C=C1CCCN(C)CC1. The fourth-order valence-corrected chi connectivity index (χ4v) is 1.52. The maximum Gasteiger partial charge on any atom is 0.330 e. The van der Waals surface area contributed by atoms with Crippen molar-refractivity contribution in [3.63, 3.8) is 0 Å². The molecule has 0 radical (unpaired) electrons. The van der Waals surface area contributed by atoms with Crippen molar-refractivity contribution in [1.82, 2.24) is 4.90 Å². The lowest BCUT2D eigenvalue weighted by atomic mass is 10.1. The average Bonchev–Trinajstić information content (AvgIpc) is 2.31. The van der Waals surface area contributed by atoms with Gasteiger partial charge in [-0.15, -0.1) is 0 Å². The van der Waals surface area contributed by atoms with Crippen LogP contribution in [0, 0.1) is 0 Å². The van der Waals surface area contributed by atoms with Crippen molar-refractivity contribution < 1.29 is 9.53 Å². The zero-order valence-corrected chi connectivity index (χ0v) is 8.38. The quantitative estimate of drug-likeness (QED) is 0.452. The van der Waals surface area contributed by atoms with Crippen LogP contribution in [0.5, 0.6) is 0 Å². The molecule has 3 nitrogen and oxygen atoms in total. The summed E-state index contributed by atoms with van der Waals surface area (Å²) in [7, 11) is 3.53. The minimum Gasteiger partial charge on any atom is -0.466 e. The van der Waals surface area contributed by atoms with Crippen LogP contribution in [0.15, 0.2) is 11.6 Å². The van der Waals surface area contributed by atoms with Gasteiger partial charge in [-0.25, -0.2) is 4.79 Å². The molecule has 3 heteroatoms. The normalized spacial score (nSPS) is 22.8. The van der Waals surface area contributed by atoms with Crippen molar-refractivity contribution in [1.29, 1.82) is 0 Å². The van der Waals surface area contributed by atoms with E-state index in [1.807, 2.05) is 0 Å². The summed E-state index contributed by atoms with van der Waals surface area (Å²) in [6, 6.07) is 0. The van der Waals surface area contributed by atoms with E-state index in [1.54, 1.807) is 6.08 Å². The van der Waals surface area contributed by atoms with Gasteiger partial charge in [0.15, 0.2) is 0 Å². The summed E-state index contributed by atoms with van der Waals surface area (Å²) in [5.41, 5.74) is 1.22. The molecule has 1 heterocycles. The standard InChI is InChI=1S/C10H17NO2/c1-11-6-3-4-9(5-7-11)8-10(12)13-2/h8H,3-7H2,1-2H3. The lowest BCUT2D eigenvalue weighted by Crippen LogP contribution is -2.18. The second-order valence-electron chi connectivity index (χ2n) is 3.48. The van der Waals surface area contributed by atoms with Crippen LogP contribution in [-0.2, 0) is 9.53 Å². The largest absolute Gasteiger partial charge is 0.466 e. The molecule has 0 aromatic heterocycles. The van der Waals surface area contributed by atoms with Gasteiger partial charge in [0.2, 0.25) is 0 Å². The van der Waals surface area contributed by atoms with Crippen LogP contribution in [0.3, 0.4) is 0 Å². The van der Waals surface area contributed by atoms with Gasteiger partial charge in [0.1, 0.15) is 0 Å². The molecule has 1 aliphatic heterocycles. The Morgan fingerprint density at radius 3 is 2.92 bits per heavy atom. The third kappa shape index (κ3) is 3.59. The van der Waals surface area contributed by atoms with E-state index in [2.05, 4.69) is 16.7 Å². The second-order valence-corrected chi connectivity index (χ2v) is 3.48. The Bertz CT molecular complexity index is 211. The zero-order valence-electron chi connectivity index (χ0n) is 8.38. The summed E-state index contributed by atoms with van der Waals surface area (Å²) < 4.78 is 4.59. The van der Waals surface area contributed by atoms with Crippen LogP contribution in [0.1, 0.15) is 19.3 Å². The number of carbonyl (C=O) groups is 1. The molecule has 0 saturated carbocycles. The molecule has 0 amide bonds. The van der Waals surface area contributed by atoms with Gasteiger partial charge in [0.25, 0.3) is 0 Å². The molecule has 1 saturated heterocycles. The molecule has 0 aromatic rings. The van der Waals surface area contributed by atoms with Crippen LogP contribution in [0.25, 0.3) is 0 Å². The zero-order chi connectivity index (χ0) is 9.68.